The summed E-state index contributed by atoms with van der Waals surface area (Å²) < 4.78 is 180. The summed E-state index contributed by atoms with van der Waals surface area (Å²) in [5.74, 6) is -26.6. The third-order valence-electron chi connectivity index (χ3n) is 6.05. The van der Waals surface area contributed by atoms with Gasteiger partial charge in [0.1, 0.15) is 29.4 Å². The molecule has 0 aliphatic heterocycles. The van der Waals surface area contributed by atoms with Gasteiger partial charge in [-0.3, -0.25) is 0 Å². The van der Waals surface area contributed by atoms with Gasteiger partial charge in [0.2, 0.25) is 0 Å². The van der Waals surface area contributed by atoms with Crippen LogP contribution in [-0.4, -0.2) is 6.15 Å². The standard InChI is InChI=1S/C24H8BF12.Na/c26-9-1-5-13(30)21(34)17(9)25(18-10(27)2-6-14(31)22(18)35,19-11(28)3-7-15(32)23(19)36)20-12(29)4-8-16(33)24(20)37;/h1-8H;/q-1;+1. The van der Waals surface area contributed by atoms with Crippen LogP contribution >= 0.6 is 0 Å². The molecule has 0 atom stereocenters. The average molecular weight is 558 g/mol. The molecule has 4 rings (SSSR count). The second-order valence-electron chi connectivity index (χ2n) is 7.89. The van der Waals surface area contributed by atoms with Crippen LogP contribution in [0.1, 0.15) is 0 Å². The van der Waals surface area contributed by atoms with Crippen molar-refractivity contribution in [1.82, 2.24) is 0 Å². The molecule has 0 aliphatic rings. The second kappa shape index (κ2) is 10.7. The zero-order valence-corrected chi connectivity index (χ0v) is 20.7. The molecule has 192 valence electrons. The number of rotatable bonds is 4. The third kappa shape index (κ3) is 4.30. The van der Waals surface area contributed by atoms with Crippen molar-refractivity contribution in [2.24, 2.45) is 0 Å². The van der Waals surface area contributed by atoms with Crippen LogP contribution in [0, 0.1) is 69.8 Å². The molecule has 0 N–H and O–H groups in total. The van der Waals surface area contributed by atoms with Crippen molar-refractivity contribution in [2.75, 3.05) is 0 Å². The molecule has 0 radical (unpaired) electrons. The Morgan fingerprint density at radius 2 is 0.447 bits per heavy atom. The van der Waals surface area contributed by atoms with Crippen molar-refractivity contribution in [1.29, 1.82) is 0 Å². The molecule has 0 heterocycles. The minimum absolute atomic E-state index is 0. The van der Waals surface area contributed by atoms with Crippen molar-refractivity contribution < 1.29 is 82.2 Å². The van der Waals surface area contributed by atoms with Gasteiger partial charge < -0.3 is 0 Å². The maximum atomic E-state index is 15.3. The number of hydrogen-bond donors (Lipinski definition) is 0. The summed E-state index contributed by atoms with van der Waals surface area (Å²) in [6.07, 6.45) is -5.46. The Bertz CT molecular complexity index is 1340. The van der Waals surface area contributed by atoms with Crippen molar-refractivity contribution >= 4 is 28.0 Å². The van der Waals surface area contributed by atoms with E-state index in [1.165, 1.54) is 0 Å². The van der Waals surface area contributed by atoms with Gasteiger partial charge in [0.05, 0.1) is 23.3 Å². The summed E-state index contributed by atoms with van der Waals surface area (Å²) in [5.41, 5.74) is -8.57. The summed E-state index contributed by atoms with van der Waals surface area (Å²) >= 11 is 0. The zero-order valence-electron chi connectivity index (χ0n) is 18.7. The molecule has 0 amide bonds. The van der Waals surface area contributed by atoms with E-state index in [9.17, 15) is 17.6 Å². The third-order valence-corrected chi connectivity index (χ3v) is 6.05. The van der Waals surface area contributed by atoms with E-state index in [0.29, 0.717) is 0 Å². The molecule has 0 nitrogen and oxygen atoms in total. The van der Waals surface area contributed by atoms with Crippen molar-refractivity contribution in [3.63, 3.8) is 0 Å². The largest absolute Gasteiger partial charge is 1.00 e. The Hall–Kier alpha value is -2.90. The fourth-order valence-electron chi connectivity index (χ4n) is 4.62. The van der Waals surface area contributed by atoms with Crippen LogP contribution in [0.2, 0.25) is 0 Å². The topological polar surface area (TPSA) is 0 Å². The Morgan fingerprint density at radius 3 is 0.632 bits per heavy atom. The van der Waals surface area contributed by atoms with E-state index in [4.69, 9.17) is 0 Å². The molecular weight excluding hydrogens is 550 g/mol. The molecule has 0 saturated heterocycles. The van der Waals surface area contributed by atoms with Gasteiger partial charge in [0.15, 0.2) is 23.3 Å². The molecule has 14 heteroatoms. The van der Waals surface area contributed by atoms with Gasteiger partial charge in [-0.25, -0.2) is 52.7 Å². The van der Waals surface area contributed by atoms with Crippen LogP contribution < -0.4 is 51.4 Å². The molecule has 4 aromatic rings. The zero-order chi connectivity index (χ0) is 27.4. The predicted molar refractivity (Wildman–Crippen MR) is 110 cm³/mol. The molecule has 0 spiro atoms. The van der Waals surface area contributed by atoms with E-state index in [1.54, 1.807) is 0 Å². The number of hydrogen-bond acceptors (Lipinski definition) is 0. The number of benzene rings is 4. The first-order valence-electron chi connectivity index (χ1n) is 10.1. The van der Waals surface area contributed by atoms with Crippen molar-refractivity contribution in [2.45, 2.75) is 0 Å². The van der Waals surface area contributed by atoms with Gasteiger partial charge in [0.25, 0.3) is 0 Å². The van der Waals surface area contributed by atoms with Gasteiger partial charge in [-0.2, -0.15) is 0 Å². The molecule has 0 aliphatic carbocycles. The summed E-state index contributed by atoms with van der Waals surface area (Å²) in [5, 5.41) is 0. The fourth-order valence-corrected chi connectivity index (χ4v) is 4.62. The van der Waals surface area contributed by atoms with Gasteiger partial charge >= 0.3 is 29.6 Å². The van der Waals surface area contributed by atoms with Gasteiger partial charge in [-0.05, 0) is 48.5 Å². The van der Waals surface area contributed by atoms with E-state index in [-0.39, 0.29) is 78.1 Å². The van der Waals surface area contributed by atoms with Gasteiger partial charge in [0, 0.05) is 0 Å². The van der Waals surface area contributed by atoms with E-state index in [2.05, 4.69) is 0 Å². The smallest absolute Gasteiger partial charge is 0.210 e. The Balaban J connectivity index is 0.00000400. The molecule has 0 fully saturated rings. The molecule has 38 heavy (non-hydrogen) atoms. The van der Waals surface area contributed by atoms with Crippen LogP contribution in [0.5, 0.6) is 0 Å². The van der Waals surface area contributed by atoms with Gasteiger partial charge in [-0.1, -0.05) is 0 Å². The molecule has 0 aromatic heterocycles. The van der Waals surface area contributed by atoms with E-state index in [0.717, 1.165) is 0 Å². The van der Waals surface area contributed by atoms with E-state index in [1.807, 2.05) is 0 Å². The first-order valence-corrected chi connectivity index (χ1v) is 10.1. The van der Waals surface area contributed by atoms with Crippen LogP contribution in [0.4, 0.5) is 52.7 Å². The number of halogens is 12. The van der Waals surface area contributed by atoms with Crippen molar-refractivity contribution in [3.05, 3.63) is 118 Å². The molecule has 0 saturated carbocycles. The summed E-state index contributed by atoms with van der Waals surface area (Å²) in [7, 11) is 0. The minimum atomic E-state index is -5.46. The fraction of sp³-hybridized carbons (Fsp3) is 0. The predicted octanol–water partition coefficient (Wildman–Crippen LogP) is 1.74. The monoisotopic (exact) mass is 558 g/mol. The minimum Gasteiger partial charge on any atom is -0.210 e. The van der Waals surface area contributed by atoms with E-state index >= 15 is 35.1 Å². The Kier molecular flexibility index (Phi) is 8.35. The molecule has 4 aromatic carbocycles. The van der Waals surface area contributed by atoms with Crippen LogP contribution in [0.25, 0.3) is 0 Å². The van der Waals surface area contributed by atoms with E-state index < -0.39 is 97.8 Å². The summed E-state index contributed by atoms with van der Waals surface area (Å²) in [6, 6.07) is 0.641. The SMILES string of the molecule is Fc1ccc(F)c([B-](c2c(F)ccc(F)c2F)(c2c(F)ccc(F)c2F)c2c(F)ccc(F)c2F)c1F.[Na+]. The first kappa shape index (κ1) is 29.7. The Morgan fingerprint density at radius 1 is 0.289 bits per heavy atom. The summed E-state index contributed by atoms with van der Waals surface area (Å²) in [6.45, 7) is 0. The second-order valence-corrected chi connectivity index (χ2v) is 7.89. The summed E-state index contributed by atoms with van der Waals surface area (Å²) in [4.78, 5) is 0. The van der Waals surface area contributed by atoms with Crippen LogP contribution in [0.3, 0.4) is 0 Å². The van der Waals surface area contributed by atoms with Crippen molar-refractivity contribution in [3.8, 4) is 0 Å². The van der Waals surface area contributed by atoms with Crippen LogP contribution in [0.15, 0.2) is 48.5 Å². The molecule has 0 unspecified atom stereocenters. The molecular formula is C24H8BF12Na. The van der Waals surface area contributed by atoms with Crippen LogP contribution in [-0.2, 0) is 0 Å². The first-order chi connectivity index (χ1) is 17.3. The Labute approximate surface area is 228 Å². The average Bonchev–Trinajstić information content (AvgIpc) is 2.84. The quantitative estimate of drug-likeness (QED) is 0.204. The maximum absolute atomic E-state index is 15.3. The van der Waals surface area contributed by atoms with Gasteiger partial charge in [-0.15, -0.1) is 21.9 Å². The molecule has 0 bridgehead atoms. The normalized spacial score (nSPS) is 11.5. The maximum Gasteiger partial charge on any atom is 1.00 e.